The van der Waals surface area contributed by atoms with E-state index in [0.29, 0.717) is 11.3 Å². The molecule has 6 nitrogen and oxygen atoms in total. The lowest BCUT2D eigenvalue weighted by Gasteiger charge is -2.22. The molecule has 28 heavy (non-hydrogen) atoms. The third-order valence-corrected chi connectivity index (χ3v) is 4.43. The van der Waals surface area contributed by atoms with Gasteiger partial charge in [-0.05, 0) is 54.3 Å². The van der Waals surface area contributed by atoms with Gasteiger partial charge in [0.05, 0.1) is 12.7 Å². The molecule has 0 radical (unpaired) electrons. The number of aryl methyl sites for hydroxylation is 1. The van der Waals surface area contributed by atoms with Crippen LogP contribution >= 0.6 is 0 Å². The van der Waals surface area contributed by atoms with Crippen LogP contribution in [0.4, 0.5) is 14.9 Å². The molecule has 0 saturated carbocycles. The minimum atomic E-state index is -0.435. The van der Waals surface area contributed by atoms with E-state index in [1.165, 1.54) is 24.0 Å². The molecule has 0 bridgehead atoms. The lowest BCUT2D eigenvalue weighted by atomic mass is 10.00. The van der Waals surface area contributed by atoms with Crippen molar-refractivity contribution in [3.63, 3.8) is 0 Å². The third-order valence-electron chi connectivity index (χ3n) is 4.43. The average Bonchev–Trinajstić information content (AvgIpc) is 3.20. The van der Waals surface area contributed by atoms with E-state index in [1.54, 1.807) is 18.3 Å². The summed E-state index contributed by atoms with van der Waals surface area (Å²) < 4.78 is 13.4. The normalized spacial score (nSPS) is 10.5. The van der Waals surface area contributed by atoms with Gasteiger partial charge in [-0.25, -0.2) is 9.18 Å². The quantitative estimate of drug-likeness (QED) is 0.439. The number of H-pyrrole nitrogens is 1. The summed E-state index contributed by atoms with van der Waals surface area (Å²) in [6.07, 6.45) is 4.37. The number of carbonyl (C=O) groups excluding carboxylic acids is 1. The van der Waals surface area contributed by atoms with Gasteiger partial charge < -0.3 is 5.32 Å². The first kappa shape index (κ1) is 19.3. The van der Waals surface area contributed by atoms with Gasteiger partial charge in [0.15, 0.2) is 0 Å². The standard InChI is InChI=1S/C21H22FN5O/c1-3-16-10-19(7-8-20(16)17-11-24-25-12-17)26-21(28)27(14(2)23)13-15-5-4-6-18(22)9-15/h4-12,23H,3,13H2,1-2H3,(H,24,25)(H,26,28). The molecule has 7 heteroatoms. The topological polar surface area (TPSA) is 84.9 Å². The Bertz CT molecular complexity index is 984. The molecule has 144 valence electrons. The number of aromatic amines is 1. The monoisotopic (exact) mass is 379 g/mol. The first-order chi connectivity index (χ1) is 13.5. The Morgan fingerprint density at radius 1 is 1.29 bits per heavy atom. The summed E-state index contributed by atoms with van der Waals surface area (Å²) in [5, 5.41) is 17.5. The van der Waals surface area contributed by atoms with E-state index in [2.05, 4.69) is 15.5 Å². The largest absolute Gasteiger partial charge is 0.327 e. The SMILES string of the molecule is CCc1cc(NC(=O)N(Cc2cccc(F)c2)C(C)=N)ccc1-c1cn[nH]c1. The maximum absolute atomic E-state index is 13.4. The molecule has 3 aromatic rings. The highest BCUT2D eigenvalue weighted by atomic mass is 19.1. The zero-order valence-corrected chi connectivity index (χ0v) is 15.8. The van der Waals surface area contributed by atoms with Gasteiger partial charge >= 0.3 is 6.03 Å². The van der Waals surface area contributed by atoms with Crippen molar-refractivity contribution >= 4 is 17.6 Å². The van der Waals surface area contributed by atoms with Gasteiger partial charge in [0.2, 0.25) is 0 Å². The molecule has 0 spiro atoms. The molecule has 1 aromatic heterocycles. The molecular weight excluding hydrogens is 357 g/mol. The van der Waals surface area contributed by atoms with Gasteiger partial charge in [-0.3, -0.25) is 15.4 Å². The molecule has 0 unspecified atom stereocenters. The van der Waals surface area contributed by atoms with Crippen LogP contribution in [0.2, 0.25) is 0 Å². The van der Waals surface area contributed by atoms with Crippen molar-refractivity contribution in [3.05, 3.63) is 71.8 Å². The van der Waals surface area contributed by atoms with Crippen LogP contribution in [0, 0.1) is 11.2 Å². The summed E-state index contributed by atoms with van der Waals surface area (Å²) in [6, 6.07) is 11.3. The van der Waals surface area contributed by atoms with Gasteiger partial charge in [-0.1, -0.05) is 25.1 Å². The molecule has 1 heterocycles. The van der Waals surface area contributed by atoms with E-state index in [-0.39, 0.29) is 18.2 Å². The Morgan fingerprint density at radius 2 is 2.11 bits per heavy atom. The van der Waals surface area contributed by atoms with E-state index < -0.39 is 6.03 Å². The second-order valence-electron chi connectivity index (χ2n) is 6.44. The molecule has 2 amide bonds. The van der Waals surface area contributed by atoms with Crippen LogP contribution < -0.4 is 5.32 Å². The Morgan fingerprint density at radius 3 is 2.75 bits per heavy atom. The zero-order valence-electron chi connectivity index (χ0n) is 15.8. The van der Waals surface area contributed by atoms with Crippen LogP contribution in [-0.2, 0) is 13.0 Å². The summed E-state index contributed by atoms with van der Waals surface area (Å²) in [5.74, 6) is -0.296. The molecule has 0 atom stereocenters. The fourth-order valence-corrected chi connectivity index (χ4v) is 3.00. The van der Waals surface area contributed by atoms with Gasteiger partial charge in [0, 0.05) is 17.4 Å². The maximum Gasteiger partial charge on any atom is 0.327 e. The first-order valence-electron chi connectivity index (χ1n) is 8.98. The van der Waals surface area contributed by atoms with Gasteiger partial charge in [0.1, 0.15) is 11.7 Å². The summed E-state index contributed by atoms with van der Waals surface area (Å²) >= 11 is 0. The highest BCUT2D eigenvalue weighted by molar-refractivity contribution is 6.01. The highest BCUT2D eigenvalue weighted by Crippen LogP contribution is 2.26. The van der Waals surface area contributed by atoms with Crippen molar-refractivity contribution in [1.29, 1.82) is 5.41 Å². The Kier molecular flexibility index (Phi) is 5.84. The van der Waals surface area contributed by atoms with Crippen LogP contribution in [0.1, 0.15) is 25.0 Å². The Balaban J connectivity index is 1.79. The van der Waals surface area contributed by atoms with Crippen molar-refractivity contribution in [2.24, 2.45) is 0 Å². The Hall–Kier alpha value is -3.48. The smallest absolute Gasteiger partial charge is 0.307 e. The van der Waals surface area contributed by atoms with Crippen molar-refractivity contribution in [3.8, 4) is 11.1 Å². The number of nitrogens with one attached hydrogen (secondary N) is 3. The molecule has 3 rings (SSSR count). The number of rotatable bonds is 5. The summed E-state index contributed by atoms with van der Waals surface area (Å²) in [6.45, 7) is 3.69. The highest BCUT2D eigenvalue weighted by Gasteiger charge is 2.17. The molecule has 2 aromatic carbocycles. The summed E-state index contributed by atoms with van der Waals surface area (Å²) in [4.78, 5) is 14.0. The number of anilines is 1. The first-order valence-corrected chi connectivity index (χ1v) is 8.98. The number of hydrogen-bond acceptors (Lipinski definition) is 3. The van der Waals surface area contributed by atoms with Crippen molar-refractivity contribution in [1.82, 2.24) is 15.1 Å². The van der Waals surface area contributed by atoms with Crippen LogP contribution in [0.15, 0.2) is 54.9 Å². The second kappa shape index (κ2) is 8.47. The molecule has 3 N–H and O–H groups in total. The number of amidine groups is 1. The Labute approximate surface area is 162 Å². The molecule has 0 saturated heterocycles. The molecule has 0 fully saturated rings. The third kappa shape index (κ3) is 4.43. The lowest BCUT2D eigenvalue weighted by molar-refractivity contribution is 0.232. The van der Waals surface area contributed by atoms with Crippen LogP contribution in [0.25, 0.3) is 11.1 Å². The number of nitrogens with zero attached hydrogens (tertiary/aromatic N) is 2. The predicted octanol–water partition coefficient (Wildman–Crippen LogP) is 4.81. The minimum absolute atomic E-state index is 0.0764. The summed E-state index contributed by atoms with van der Waals surface area (Å²) in [5.41, 5.74) is 4.36. The molecular formula is C21H22FN5O. The number of urea groups is 1. The van der Waals surface area contributed by atoms with E-state index in [0.717, 1.165) is 23.1 Å². The van der Waals surface area contributed by atoms with Crippen LogP contribution in [-0.4, -0.2) is 27.0 Å². The minimum Gasteiger partial charge on any atom is -0.307 e. The number of aromatic nitrogens is 2. The van der Waals surface area contributed by atoms with Gasteiger partial charge in [-0.15, -0.1) is 0 Å². The fourth-order valence-electron chi connectivity index (χ4n) is 3.00. The van der Waals surface area contributed by atoms with Crippen LogP contribution in [0.3, 0.4) is 0 Å². The van der Waals surface area contributed by atoms with Crippen LogP contribution in [0.5, 0.6) is 0 Å². The van der Waals surface area contributed by atoms with Crippen molar-refractivity contribution in [2.45, 2.75) is 26.8 Å². The van der Waals surface area contributed by atoms with Gasteiger partial charge in [0.25, 0.3) is 0 Å². The molecule has 0 aliphatic heterocycles. The molecule has 0 aliphatic carbocycles. The van der Waals surface area contributed by atoms with E-state index >= 15 is 0 Å². The van der Waals surface area contributed by atoms with Crippen molar-refractivity contribution in [2.75, 3.05) is 5.32 Å². The van der Waals surface area contributed by atoms with Crippen molar-refractivity contribution < 1.29 is 9.18 Å². The maximum atomic E-state index is 13.4. The fraction of sp³-hybridized carbons (Fsp3) is 0.190. The zero-order chi connectivity index (χ0) is 20.1. The van der Waals surface area contributed by atoms with E-state index in [9.17, 15) is 9.18 Å². The average molecular weight is 379 g/mol. The van der Waals surface area contributed by atoms with Gasteiger partial charge in [-0.2, -0.15) is 5.10 Å². The molecule has 0 aliphatic rings. The number of halogens is 1. The second-order valence-corrected chi connectivity index (χ2v) is 6.44. The number of carbonyl (C=O) groups is 1. The number of hydrogen-bond donors (Lipinski definition) is 3. The van der Waals surface area contributed by atoms with E-state index in [1.807, 2.05) is 31.3 Å². The number of benzene rings is 2. The summed E-state index contributed by atoms with van der Waals surface area (Å²) in [7, 11) is 0. The lowest BCUT2D eigenvalue weighted by Crippen LogP contribution is -2.37. The van der Waals surface area contributed by atoms with E-state index in [4.69, 9.17) is 5.41 Å². The predicted molar refractivity (Wildman–Crippen MR) is 108 cm³/mol. The number of amides is 2.